The molecule has 0 spiro atoms. The predicted octanol–water partition coefficient (Wildman–Crippen LogP) is 2.98. The Kier molecular flexibility index (Phi) is 5.96. The maximum Gasteiger partial charge on any atom is 0.318 e. The van der Waals surface area contributed by atoms with Crippen LogP contribution in [0.25, 0.3) is 0 Å². The van der Waals surface area contributed by atoms with Gasteiger partial charge in [-0.2, -0.15) is 0 Å². The number of para-hydroxylation sites is 1. The standard InChI is InChI=1S/C17H24FN3O2/c1-3-12(2)15(20-17(23)21-10-6-7-11-21)16(22)19-14-9-5-4-8-13(14)18/h4-5,8-9,12,15H,3,6-7,10-11H2,1-2H3,(H,19,22)(H,20,23)/t12?,15-/m1/s1. The second-order valence-corrected chi connectivity index (χ2v) is 5.98. The third kappa shape index (κ3) is 4.43. The van der Waals surface area contributed by atoms with Crippen molar-refractivity contribution in [3.05, 3.63) is 30.1 Å². The van der Waals surface area contributed by atoms with Gasteiger partial charge in [0.25, 0.3) is 0 Å². The zero-order valence-electron chi connectivity index (χ0n) is 13.6. The van der Waals surface area contributed by atoms with Crippen LogP contribution in [0.4, 0.5) is 14.9 Å². The van der Waals surface area contributed by atoms with Crippen LogP contribution in [0.15, 0.2) is 24.3 Å². The zero-order chi connectivity index (χ0) is 16.8. The van der Waals surface area contributed by atoms with Gasteiger partial charge < -0.3 is 15.5 Å². The van der Waals surface area contributed by atoms with E-state index < -0.39 is 17.8 Å². The molecule has 6 heteroatoms. The van der Waals surface area contributed by atoms with Gasteiger partial charge in [0.05, 0.1) is 5.69 Å². The molecule has 2 atom stereocenters. The van der Waals surface area contributed by atoms with Crippen molar-refractivity contribution in [2.75, 3.05) is 18.4 Å². The van der Waals surface area contributed by atoms with E-state index in [1.54, 1.807) is 17.0 Å². The summed E-state index contributed by atoms with van der Waals surface area (Å²) in [5.41, 5.74) is 0.126. The van der Waals surface area contributed by atoms with E-state index in [0.29, 0.717) is 13.1 Å². The lowest BCUT2D eigenvalue weighted by Gasteiger charge is -2.26. The maximum absolute atomic E-state index is 13.7. The Bertz CT molecular complexity index is 559. The summed E-state index contributed by atoms with van der Waals surface area (Å²) in [5, 5.41) is 5.38. The second-order valence-electron chi connectivity index (χ2n) is 5.98. The summed E-state index contributed by atoms with van der Waals surface area (Å²) in [6.45, 7) is 5.29. The first kappa shape index (κ1) is 17.2. The number of nitrogens with one attached hydrogen (secondary N) is 2. The quantitative estimate of drug-likeness (QED) is 0.876. The van der Waals surface area contributed by atoms with Crippen LogP contribution in [-0.2, 0) is 4.79 Å². The largest absolute Gasteiger partial charge is 0.326 e. The van der Waals surface area contributed by atoms with Crippen molar-refractivity contribution in [2.45, 2.75) is 39.2 Å². The van der Waals surface area contributed by atoms with E-state index in [2.05, 4.69) is 10.6 Å². The van der Waals surface area contributed by atoms with Crippen molar-refractivity contribution in [2.24, 2.45) is 5.92 Å². The van der Waals surface area contributed by atoms with Gasteiger partial charge in [0.2, 0.25) is 5.91 Å². The summed E-state index contributed by atoms with van der Waals surface area (Å²) < 4.78 is 13.7. The minimum absolute atomic E-state index is 0.0478. The Hall–Kier alpha value is -2.11. The molecule has 1 heterocycles. The topological polar surface area (TPSA) is 61.4 Å². The van der Waals surface area contributed by atoms with Gasteiger partial charge in [0, 0.05) is 13.1 Å². The van der Waals surface area contributed by atoms with Crippen LogP contribution in [0.3, 0.4) is 0 Å². The van der Waals surface area contributed by atoms with E-state index in [-0.39, 0.29) is 17.6 Å². The molecular weight excluding hydrogens is 297 g/mol. The summed E-state index contributed by atoms with van der Waals surface area (Å²) >= 11 is 0. The third-order valence-electron chi connectivity index (χ3n) is 4.30. The lowest BCUT2D eigenvalue weighted by Crippen LogP contribution is -2.51. The molecule has 0 saturated carbocycles. The smallest absolute Gasteiger partial charge is 0.318 e. The summed E-state index contributed by atoms with van der Waals surface area (Å²) in [6, 6.07) is 5.09. The molecule has 126 valence electrons. The second kappa shape index (κ2) is 7.94. The van der Waals surface area contributed by atoms with Crippen molar-refractivity contribution in [3.8, 4) is 0 Å². The summed E-state index contributed by atoms with van der Waals surface area (Å²) in [5.74, 6) is -0.931. The lowest BCUT2D eigenvalue weighted by molar-refractivity contribution is -0.119. The van der Waals surface area contributed by atoms with Gasteiger partial charge in [-0.1, -0.05) is 32.4 Å². The monoisotopic (exact) mass is 321 g/mol. The van der Waals surface area contributed by atoms with Gasteiger partial charge in [-0.05, 0) is 30.9 Å². The van der Waals surface area contributed by atoms with E-state index in [4.69, 9.17) is 0 Å². The molecule has 1 aliphatic heterocycles. The maximum atomic E-state index is 13.7. The van der Waals surface area contributed by atoms with E-state index in [1.165, 1.54) is 12.1 Å². The van der Waals surface area contributed by atoms with Crippen molar-refractivity contribution in [3.63, 3.8) is 0 Å². The number of urea groups is 1. The average molecular weight is 321 g/mol. The Labute approximate surface area is 136 Å². The predicted molar refractivity (Wildman–Crippen MR) is 87.6 cm³/mol. The first-order chi connectivity index (χ1) is 11.0. The van der Waals surface area contributed by atoms with Crippen LogP contribution in [-0.4, -0.2) is 36.0 Å². The van der Waals surface area contributed by atoms with E-state index in [9.17, 15) is 14.0 Å². The van der Waals surface area contributed by atoms with Crippen LogP contribution in [0.1, 0.15) is 33.1 Å². The van der Waals surface area contributed by atoms with Crippen molar-refractivity contribution < 1.29 is 14.0 Å². The van der Waals surface area contributed by atoms with Crippen LogP contribution in [0.2, 0.25) is 0 Å². The summed E-state index contributed by atoms with van der Waals surface area (Å²) in [6.07, 6.45) is 2.71. The van der Waals surface area contributed by atoms with E-state index in [0.717, 1.165) is 19.3 Å². The Balaban J connectivity index is 2.06. The molecule has 2 rings (SSSR count). The van der Waals surface area contributed by atoms with E-state index in [1.807, 2.05) is 13.8 Å². The Morgan fingerprint density at radius 3 is 2.52 bits per heavy atom. The molecule has 1 aromatic rings. The third-order valence-corrected chi connectivity index (χ3v) is 4.30. The van der Waals surface area contributed by atoms with Crippen LogP contribution < -0.4 is 10.6 Å². The first-order valence-electron chi connectivity index (χ1n) is 8.13. The molecule has 1 saturated heterocycles. The number of halogens is 1. The number of rotatable bonds is 5. The number of amides is 3. The molecule has 1 aliphatic rings. The van der Waals surface area contributed by atoms with Crippen LogP contribution in [0, 0.1) is 11.7 Å². The number of carbonyl (C=O) groups excluding carboxylic acids is 2. The van der Waals surface area contributed by atoms with E-state index >= 15 is 0 Å². The Morgan fingerprint density at radius 2 is 1.91 bits per heavy atom. The van der Waals surface area contributed by atoms with Gasteiger partial charge in [-0.15, -0.1) is 0 Å². The number of hydrogen-bond acceptors (Lipinski definition) is 2. The molecule has 0 aromatic heterocycles. The highest BCUT2D eigenvalue weighted by Crippen LogP contribution is 2.16. The van der Waals surface area contributed by atoms with Crippen molar-refractivity contribution >= 4 is 17.6 Å². The van der Waals surface area contributed by atoms with Gasteiger partial charge in [-0.25, -0.2) is 9.18 Å². The summed E-state index contributed by atoms with van der Waals surface area (Å²) in [7, 11) is 0. The molecule has 0 radical (unpaired) electrons. The SMILES string of the molecule is CCC(C)[C@@H](NC(=O)N1CCCC1)C(=O)Nc1ccccc1F. The fraction of sp³-hybridized carbons (Fsp3) is 0.529. The number of hydrogen-bond donors (Lipinski definition) is 2. The molecule has 1 aromatic carbocycles. The first-order valence-corrected chi connectivity index (χ1v) is 8.13. The number of benzene rings is 1. The zero-order valence-corrected chi connectivity index (χ0v) is 13.6. The van der Waals surface area contributed by atoms with Crippen molar-refractivity contribution in [1.82, 2.24) is 10.2 Å². The molecule has 5 nitrogen and oxygen atoms in total. The highest BCUT2D eigenvalue weighted by atomic mass is 19.1. The fourth-order valence-corrected chi connectivity index (χ4v) is 2.62. The molecule has 23 heavy (non-hydrogen) atoms. The number of likely N-dealkylation sites (tertiary alicyclic amines) is 1. The van der Waals surface area contributed by atoms with Gasteiger partial charge in [0.15, 0.2) is 0 Å². The molecule has 0 bridgehead atoms. The minimum Gasteiger partial charge on any atom is -0.326 e. The molecule has 1 fully saturated rings. The fourth-order valence-electron chi connectivity index (χ4n) is 2.62. The number of nitrogens with zero attached hydrogens (tertiary/aromatic N) is 1. The number of carbonyl (C=O) groups is 2. The molecule has 2 N–H and O–H groups in total. The van der Waals surface area contributed by atoms with Crippen molar-refractivity contribution in [1.29, 1.82) is 0 Å². The lowest BCUT2D eigenvalue weighted by atomic mass is 9.98. The summed E-state index contributed by atoms with van der Waals surface area (Å²) in [4.78, 5) is 26.5. The van der Waals surface area contributed by atoms with Gasteiger partial charge in [0.1, 0.15) is 11.9 Å². The van der Waals surface area contributed by atoms with Crippen LogP contribution in [0.5, 0.6) is 0 Å². The molecule has 0 aliphatic carbocycles. The van der Waals surface area contributed by atoms with Gasteiger partial charge >= 0.3 is 6.03 Å². The normalized spacial score (nSPS) is 16.7. The highest BCUT2D eigenvalue weighted by Gasteiger charge is 2.29. The minimum atomic E-state index is -0.687. The molecule has 1 unspecified atom stereocenters. The highest BCUT2D eigenvalue weighted by molar-refractivity contribution is 5.97. The molecular formula is C17H24FN3O2. The average Bonchev–Trinajstić information content (AvgIpc) is 3.08. The Morgan fingerprint density at radius 1 is 1.26 bits per heavy atom. The van der Waals surface area contributed by atoms with Crippen LogP contribution >= 0.6 is 0 Å². The molecule has 3 amide bonds. The van der Waals surface area contributed by atoms with Gasteiger partial charge in [-0.3, -0.25) is 4.79 Å². The number of anilines is 1.